The number of carboxylic acid groups (broad SMARTS) is 1. The van der Waals surface area contributed by atoms with E-state index in [1.165, 1.54) is 18.2 Å². The largest absolute Gasteiger partial charge is 0.504 e. The molecule has 3 aromatic rings. The molecule has 5 N–H and O–H groups in total. The molecule has 0 bridgehead atoms. The summed E-state index contributed by atoms with van der Waals surface area (Å²) in [6, 6.07) is 9.94. The Morgan fingerprint density at radius 3 is 2.34 bits per heavy atom. The van der Waals surface area contributed by atoms with Gasteiger partial charge in [0.15, 0.2) is 11.5 Å². The van der Waals surface area contributed by atoms with Gasteiger partial charge in [0.25, 0.3) is 11.8 Å². The number of nitrogens with two attached hydrogens (primary N) is 1. The molecule has 0 spiro atoms. The molecule has 0 radical (unpaired) electrons. The van der Waals surface area contributed by atoms with Crippen molar-refractivity contribution in [1.29, 1.82) is 5.41 Å². The van der Waals surface area contributed by atoms with Crippen LogP contribution >= 0.6 is 0 Å². The molecular weight excluding hydrogens is 426 g/mol. The fourth-order valence-electron chi connectivity index (χ4n) is 2.63. The number of nitrogens with zero attached hydrogens (tertiary/aromatic N) is 2. The molecule has 0 fully saturated rings. The number of halogens is 2. The molecule has 1 heterocycles. The van der Waals surface area contributed by atoms with Crippen LogP contribution in [0.3, 0.4) is 0 Å². The number of hydrogen-bond donors (Lipinski definition) is 4. The SMILES string of the molecule is CN(C)c1cccc(Oc2nc(Oc3cc(C(=N)N)ccc3O)c(F)c(C(=O)O)c2F)c1. The Bertz CT molecular complexity index is 1220. The minimum Gasteiger partial charge on any atom is -0.504 e. The van der Waals surface area contributed by atoms with Crippen molar-refractivity contribution >= 4 is 17.5 Å². The van der Waals surface area contributed by atoms with Crippen molar-refractivity contribution < 1.29 is 33.3 Å². The Morgan fingerprint density at radius 1 is 1.09 bits per heavy atom. The second-order valence-electron chi connectivity index (χ2n) is 6.72. The molecule has 3 rings (SSSR count). The maximum absolute atomic E-state index is 14.7. The van der Waals surface area contributed by atoms with Crippen LogP contribution in [-0.2, 0) is 0 Å². The van der Waals surface area contributed by atoms with E-state index in [0.29, 0.717) is 5.69 Å². The second-order valence-corrected chi connectivity index (χ2v) is 6.72. The molecule has 11 heteroatoms. The molecule has 0 unspecified atom stereocenters. The molecule has 0 aliphatic carbocycles. The summed E-state index contributed by atoms with van der Waals surface area (Å²) >= 11 is 0. The van der Waals surface area contributed by atoms with E-state index in [0.717, 1.165) is 12.1 Å². The van der Waals surface area contributed by atoms with Crippen molar-refractivity contribution in [3.05, 3.63) is 65.2 Å². The average Bonchev–Trinajstić information content (AvgIpc) is 2.72. The molecule has 0 atom stereocenters. The Labute approximate surface area is 180 Å². The summed E-state index contributed by atoms with van der Waals surface area (Å²) in [7, 11) is 3.54. The fraction of sp³-hybridized carbons (Fsp3) is 0.0952. The molecule has 1 aromatic heterocycles. The van der Waals surface area contributed by atoms with E-state index >= 15 is 0 Å². The van der Waals surface area contributed by atoms with E-state index in [-0.39, 0.29) is 22.9 Å². The van der Waals surface area contributed by atoms with E-state index in [9.17, 15) is 23.8 Å². The molecule has 0 saturated carbocycles. The number of ether oxygens (including phenoxy) is 2. The number of phenols is 1. The molecule has 2 aromatic carbocycles. The van der Waals surface area contributed by atoms with Crippen LogP contribution in [0.15, 0.2) is 42.5 Å². The monoisotopic (exact) mass is 444 g/mol. The van der Waals surface area contributed by atoms with Gasteiger partial charge in [-0.1, -0.05) is 6.07 Å². The number of benzene rings is 2. The summed E-state index contributed by atoms with van der Waals surface area (Å²) in [5.41, 5.74) is 4.87. The first-order chi connectivity index (χ1) is 15.1. The summed E-state index contributed by atoms with van der Waals surface area (Å²) in [5.74, 6) is -7.99. The quantitative estimate of drug-likeness (QED) is 0.319. The average molecular weight is 444 g/mol. The number of pyridine rings is 1. The molecule has 0 saturated heterocycles. The zero-order valence-corrected chi connectivity index (χ0v) is 16.9. The number of carbonyl (C=O) groups is 1. The number of amidine groups is 1. The van der Waals surface area contributed by atoms with Crippen molar-refractivity contribution in [3.8, 4) is 29.0 Å². The van der Waals surface area contributed by atoms with Gasteiger partial charge < -0.3 is 30.3 Å². The summed E-state index contributed by atoms with van der Waals surface area (Å²) in [6.07, 6.45) is 0. The molecule has 32 heavy (non-hydrogen) atoms. The van der Waals surface area contributed by atoms with Crippen LogP contribution in [0.2, 0.25) is 0 Å². The van der Waals surface area contributed by atoms with Gasteiger partial charge in [0, 0.05) is 31.4 Å². The third kappa shape index (κ3) is 4.51. The maximum atomic E-state index is 14.7. The molecule has 9 nitrogen and oxygen atoms in total. The van der Waals surface area contributed by atoms with E-state index in [2.05, 4.69) is 4.98 Å². The Balaban J connectivity index is 2.09. The molecule has 0 amide bonds. The first kappa shape index (κ1) is 22.3. The predicted molar refractivity (Wildman–Crippen MR) is 111 cm³/mol. The van der Waals surface area contributed by atoms with Gasteiger partial charge in [0.2, 0.25) is 11.6 Å². The van der Waals surface area contributed by atoms with Crippen LogP contribution in [0.5, 0.6) is 29.0 Å². The number of phenolic OH excluding ortho intramolecular Hbond substituents is 1. The van der Waals surface area contributed by atoms with Crippen molar-refractivity contribution in [2.75, 3.05) is 19.0 Å². The highest BCUT2D eigenvalue weighted by Gasteiger charge is 2.28. The highest BCUT2D eigenvalue weighted by atomic mass is 19.1. The van der Waals surface area contributed by atoms with Crippen LogP contribution in [0.4, 0.5) is 14.5 Å². The molecule has 0 aliphatic heterocycles. The lowest BCUT2D eigenvalue weighted by Gasteiger charge is -2.15. The van der Waals surface area contributed by atoms with Gasteiger partial charge in [0.05, 0.1) is 0 Å². The van der Waals surface area contributed by atoms with E-state index in [1.807, 2.05) is 0 Å². The Hall–Kier alpha value is -4.41. The summed E-state index contributed by atoms with van der Waals surface area (Å²) in [5, 5.41) is 26.7. The van der Waals surface area contributed by atoms with Crippen molar-refractivity contribution in [2.24, 2.45) is 5.73 Å². The predicted octanol–water partition coefficient (Wildman–Crippen LogP) is 3.70. The standard InChI is InChI=1S/C21H18F2N4O5/c1-27(2)11-4-3-5-12(9-11)31-19-16(22)15(21(29)30)17(23)20(26-19)32-14-8-10(18(24)25)6-7-13(14)28/h3-9,28H,1-2H3,(H3,24,25)(H,29,30). The number of aromatic hydroxyl groups is 1. The zero-order chi connectivity index (χ0) is 23.6. The van der Waals surface area contributed by atoms with E-state index in [1.54, 1.807) is 31.1 Å². The van der Waals surface area contributed by atoms with Crippen LogP contribution in [0.1, 0.15) is 15.9 Å². The van der Waals surface area contributed by atoms with Crippen molar-refractivity contribution in [3.63, 3.8) is 0 Å². The van der Waals surface area contributed by atoms with Gasteiger partial charge in [-0.15, -0.1) is 0 Å². The minimum absolute atomic E-state index is 0.109. The topological polar surface area (TPSA) is 142 Å². The highest BCUT2D eigenvalue weighted by molar-refractivity contribution is 5.95. The van der Waals surface area contributed by atoms with Gasteiger partial charge in [0.1, 0.15) is 17.1 Å². The maximum Gasteiger partial charge on any atom is 0.342 e. The number of aromatic nitrogens is 1. The van der Waals surface area contributed by atoms with Crippen LogP contribution in [-0.4, -0.2) is 41.1 Å². The number of hydrogen-bond acceptors (Lipinski definition) is 7. The number of nitrogens with one attached hydrogen (secondary N) is 1. The minimum atomic E-state index is -1.92. The van der Waals surface area contributed by atoms with Crippen LogP contribution in [0, 0.1) is 17.0 Å². The first-order valence-corrected chi connectivity index (χ1v) is 9.01. The Kier molecular flexibility index (Phi) is 6.10. The summed E-state index contributed by atoms with van der Waals surface area (Å²) in [4.78, 5) is 16.9. The normalized spacial score (nSPS) is 10.5. The first-order valence-electron chi connectivity index (χ1n) is 9.01. The smallest absolute Gasteiger partial charge is 0.342 e. The molecular formula is C21H18F2N4O5. The number of carboxylic acids is 1. The summed E-state index contributed by atoms with van der Waals surface area (Å²) in [6.45, 7) is 0. The number of nitrogen functional groups attached to an aromatic ring is 1. The lowest BCUT2D eigenvalue weighted by Crippen LogP contribution is -2.12. The lowest BCUT2D eigenvalue weighted by atomic mass is 10.2. The van der Waals surface area contributed by atoms with Crippen molar-refractivity contribution in [2.45, 2.75) is 0 Å². The number of aromatic carboxylic acids is 1. The summed E-state index contributed by atoms with van der Waals surface area (Å²) < 4.78 is 40.0. The fourth-order valence-corrected chi connectivity index (χ4v) is 2.63. The van der Waals surface area contributed by atoms with Crippen LogP contribution < -0.4 is 20.1 Å². The second kappa shape index (κ2) is 8.76. The van der Waals surface area contributed by atoms with Gasteiger partial charge in [-0.05, 0) is 30.3 Å². The van der Waals surface area contributed by atoms with Crippen LogP contribution in [0.25, 0.3) is 0 Å². The number of anilines is 1. The third-order valence-electron chi connectivity index (χ3n) is 4.26. The zero-order valence-electron chi connectivity index (χ0n) is 16.9. The highest BCUT2D eigenvalue weighted by Crippen LogP contribution is 2.36. The van der Waals surface area contributed by atoms with Gasteiger partial charge in [-0.25, -0.2) is 4.79 Å². The van der Waals surface area contributed by atoms with E-state index < -0.39 is 40.7 Å². The third-order valence-corrected chi connectivity index (χ3v) is 4.26. The van der Waals surface area contributed by atoms with Gasteiger partial charge >= 0.3 is 5.97 Å². The Morgan fingerprint density at radius 2 is 1.75 bits per heavy atom. The number of rotatable bonds is 7. The van der Waals surface area contributed by atoms with Gasteiger partial charge in [-0.2, -0.15) is 13.8 Å². The van der Waals surface area contributed by atoms with E-state index in [4.69, 9.17) is 20.6 Å². The molecule has 166 valence electrons. The molecule has 0 aliphatic rings. The lowest BCUT2D eigenvalue weighted by molar-refractivity contribution is 0.0684. The van der Waals surface area contributed by atoms with Crippen molar-refractivity contribution in [1.82, 2.24) is 4.98 Å². The van der Waals surface area contributed by atoms with Gasteiger partial charge in [-0.3, -0.25) is 5.41 Å².